The molecule has 0 bridgehead atoms. The van der Waals surface area contributed by atoms with Gasteiger partial charge in [-0.25, -0.2) is 4.98 Å². The summed E-state index contributed by atoms with van der Waals surface area (Å²) in [5, 5.41) is 17.4. The number of aromatic hydroxyl groups is 1. The summed E-state index contributed by atoms with van der Waals surface area (Å²) in [4.78, 5) is 4.75. The SMILES string of the molecule is Cc1ccccc1-c1cc(Nc2cccc(O)c2)n2ncc(Br)c2n1. The molecule has 0 saturated carbocycles. The Balaban J connectivity index is 1.89. The summed E-state index contributed by atoms with van der Waals surface area (Å²) in [5.41, 5.74) is 4.57. The largest absolute Gasteiger partial charge is 0.508 e. The third kappa shape index (κ3) is 2.96. The monoisotopic (exact) mass is 394 g/mol. The van der Waals surface area contributed by atoms with Gasteiger partial charge in [0.15, 0.2) is 5.65 Å². The molecule has 0 unspecified atom stereocenters. The standard InChI is InChI=1S/C19H15BrN4O/c1-12-5-2-3-8-15(12)17-10-18(22-13-6-4-7-14(25)9-13)24-19(23-17)16(20)11-21-24/h2-11,22,25H,1H3. The molecule has 2 N–H and O–H groups in total. The Morgan fingerprint density at radius 3 is 2.72 bits per heavy atom. The molecule has 0 radical (unpaired) electrons. The van der Waals surface area contributed by atoms with Gasteiger partial charge in [-0.3, -0.25) is 0 Å². The lowest BCUT2D eigenvalue weighted by Gasteiger charge is -2.12. The number of phenolic OH excluding ortho intramolecular Hbond substituents is 1. The van der Waals surface area contributed by atoms with E-state index in [1.165, 1.54) is 0 Å². The lowest BCUT2D eigenvalue weighted by molar-refractivity contribution is 0.475. The van der Waals surface area contributed by atoms with Gasteiger partial charge in [-0.1, -0.05) is 30.3 Å². The van der Waals surface area contributed by atoms with Crippen molar-refractivity contribution in [3.8, 4) is 17.0 Å². The van der Waals surface area contributed by atoms with Crippen LogP contribution in [0.25, 0.3) is 16.9 Å². The summed E-state index contributed by atoms with van der Waals surface area (Å²) in [6.45, 7) is 2.06. The van der Waals surface area contributed by atoms with Gasteiger partial charge in [0.1, 0.15) is 11.6 Å². The summed E-state index contributed by atoms with van der Waals surface area (Å²) in [7, 11) is 0. The van der Waals surface area contributed by atoms with E-state index in [2.05, 4.69) is 45.4 Å². The zero-order valence-corrected chi connectivity index (χ0v) is 15.0. The van der Waals surface area contributed by atoms with Gasteiger partial charge in [0.25, 0.3) is 0 Å². The Bertz CT molecular complexity index is 1070. The van der Waals surface area contributed by atoms with Crippen molar-refractivity contribution in [2.24, 2.45) is 0 Å². The van der Waals surface area contributed by atoms with Crippen LogP contribution in [0.15, 0.2) is 65.3 Å². The summed E-state index contributed by atoms with van der Waals surface area (Å²) < 4.78 is 2.55. The number of aromatic nitrogens is 3. The topological polar surface area (TPSA) is 62.5 Å². The van der Waals surface area contributed by atoms with Gasteiger partial charge in [-0.2, -0.15) is 9.61 Å². The predicted octanol–water partition coefficient (Wildman–Crippen LogP) is 4.92. The first-order valence-corrected chi connectivity index (χ1v) is 8.57. The van der Waals surface area contributed by atoms with Crippen molar-refractivity contribution in [1.82, 2.24) is 14.6 Å². The van der Waals surface area contributed by atoms with Crippen molar-refractivity contribution in [2.75, 3.05) is 5.32 Å². The van der Waals surface area contributed by atoms with Crippen molar-refractivity contribution in [3.63, 3.8) is 0 Å². The number of fused-ring (bicyclic) bond motifs is 1. The zero-order chi connectivity index (χ0) is 17.4. The van der Waals surface area contributed by atoms with Gasteiger partial charge in [0.2, 0.25) is 0 Å². The van der Waals surface area contributed by atoms with Gasteiger partial charge in [0.05, 0.1) is 16.4 Å². The van der Waals surface area contributed by atoms with E-state index in [9.17, 15) is 5.11 Å². The average molecular weight is 395 g/mol. The van der Waals surface area contributed by atoms with Crippen LogP contribution >= 0.6 is 15.9 Å². The second-order valence-electron chi connectivity index (χ2n) is 5.74. The molecule has 0 aliphatic carbocycles. The highest BCUT2D eigenvalue weighted by atomic mass is 79.9. The number of nitrogens with one attached hydrogen (secondary N) is 1. The maximum Gasteiger partial charge on any atom is 0.172 e. The van der Waals surface area contributed by atoms with Crippen LogP contribution < -0.4 is 5.32 Å². The third-order valence-electron chi connectivity index (χ3n) is 3.97. The molecule has 0 fully saturated rings. The Morgan fingerprint density at radius 2 is 1.92 bits per heavy atom. The van der Waals surface area contributed by atoms with Crippen LogP contribution in [0.3, 0.4) is 0 Å². The van der Waals surface area contributed by atoms with E-state index in [4.69, 9.17) is 4.98 Å². The number of hydrogen-bond donors (Lipinski definition) is 2. The van der Waals surface area contributed by atoms with E-state index >= 15 is 0 Å². The second-order valence-corrected chi connectivity index (χ2v) is 6.60. The van der Waals surface area contributed by atoms with Crippen LogP contribution in [0.2, 0.25) is 0 Å². The lowest BCUT2D eigenvalue weighted by Crippen LogP contribution is -2.02. The molecular weight excluding hydrogens is 380 g/mol. The molecule has 0 amide bonds. The number of halogens is 1. The molecule has 2 aromatic carbocycles. The van der Waals surface area contributed by atoms with Gasteiger partial charge in [0, 0.05) is 23.4 Å². The Hall–Kier alpha value is -2.86. The molecule has 0 aliphatic heterocycles. The first-order chi connectivity index (χ1) is 12.1. The second kappa shape index (κ2) is 6.22. The quantitative estimate of drug-likeness (QED) is 0.517. The fraction of sp³-hybridized carbons (Fsp3) is 0.0526. The number of aryl methyl sites for hydroxylation is 1. The summed E-state index contributed by atoms with van der Waals surface area (Å²) >= 11 is 3.51. The minimum atomic E-state index is 0.205. The van der Waals surface area contributed by atoms with Crippen molar-refractivity contribution < 1.29 is 5.11 Å². The van der Waals surface area contributed by atoms with Crippen LogP contribution in [0, 0.1) is 6.92 Å². The molecule has 5 nitrogen and oxygen atoms in total. The highest BCUT2D eigenvalue weighted by Crippen LogP contribution is 2.29. The van der Waals surface area contributed by atoms with Crippen molar-refractivity contribution in [2.45, 2.75) is 6.92 Å². The summed E-state index contributed by atoms with van der Waals surface area (Å²) in [6.07, 6.45) is 1.72. The highest BCUT2D eigenvalue weighted by Gasteiger charge is 2.13. The van der Waals surface area contributed by atoms with E-state index in [-0.39, 0.29) is 5.75 Å². The molecule has 0 atom stereocenters. The van der Waals surface area contributed by atoms with Gasteiger partial charge < -0.3 is 10.4 Å². The number of benzene rings is 2. The predicted molar refractivity (Wildman–Crippen MR) is 102 cm³/mol. The lowest BCUT2D eigenvalue weighted by atomic mass is 10.1. The smallest absolute Gasteiger partial charge is 0.172 e. The number of anilines is 2. The number of hydrogen-bond acceptors (Lipinski definition) is 4. The van der Waals surface area contributed by atoms with E-state index in [0.29, 0.717) is 0 Å². The van der Waals surface area contributed by atoms with Crippen molar-refractivity contribution >= 4 is 33.1 Å². The van der Waals surface area contributed by atoms with Gasteiger partial charge in [-0.05, 0) is 40.5 Å². The third-order valence-corrected chi connectivity index (χ3v) is 4.53. The normalized spacial score (nSPS) is 11.0. The molecule has 2 aromatic heterocycles. The highest BCUT2D eigenvalue weighted by molar-refractivity contribution is 9.10. The zero-order valence-electron chi connectivity index (χ0n) is 13.4. The van der Waals surface area contributed by atoms with E-state index < -0.39 is 0 Å². The van der Waals surface area contributed by atoms with Crippen LogP contribution in [0.4, 0.5) is 11.5 Å². The number of phenols is 1. The van der Waals surface area contributed by atoms with E-state index in [0.717, 1.165) is 38.4 Å². The van der Waals surface area contributed by atoms with Crippen LogP contribution in [-0.4, -0.2) is 19.7 Å². The van der Waals surface area contributed by atoms with Crippen LogP contribution in [0.1, 0.15) is 5.56 Å². The molecule has 25 heavy (non-hydrogen) atoms. The van der Waals surface area contributed by atoms with Gasteiger partial charge >= 0.3 is 0 Å². The molecule has 2 heterocycles. The molecule has 4 rings (SSSR count). The molecule has 0 aliphatic rings. The maximum atomic E-state index is 9.70. The van der Waals surface area contributed by atoms with Crippen molar-refractivity contribution in [1.29, 1.82) is 0 Å². The molecular formula is C19H15BrN4O. The summed E-state index contributed by atoms with van der Waals surface area (Å²) in [5.74, 6) is 0.968. The summed E-state index contributed by atoms with van der Waals surface area (Å²) in [6, 6.07) is 17.1. The molecule has 0 saturated heterocycles. The maximum absolute atomic E-state index is 9.70. The van der Waals surface area contributed by atoms with E-state index in [1.54, 1.807) is 28.9 Å². The Labute approximate surface area is 153 Å². The average Bonchev–Trinajstić information content (AvgIpc) is 2.97. The van der Waals surface area contributed by atoms with E-state index in [1.807, 2.05) is 24.3 Å². The Kier molecular flexibility index (Phi) is 3.89. The number of rotatable bonds is 3. The molecule has 4 aromatic rings. The van der Waals surface area contributed by atoms with Gasteiger partial charge in [-0.15, -0.1) is 0 Å². The molecule has 0 spiro atoms. The first kappa shape index (κ1) is 15.7. The first-order valence-electron chi connectivity index (χ1n) is 7.78. The fourth-order valence-electron chi connectivity index (χ4n) is 2.75. The molecule has 6 heteroatoms. The fourth-order valence-corrected chi connectivity index (χ4v) is 3.10. The molecule has 124 valence electrons. The minimum absolute atomic E-state index is 0.205. The Morgan fingerprint density at radius 1 is 1.08 bits per heavy atom. The van der Waals surface area contributed by atoms with Crippen LogP contribution in [0.5, 0.6) is 5.75 Å². The number of nitrogens with zero attached hydrogens (tertiary/aromatic N) is 3. The minimum Gasteiger partial charge on any atom is -0.508 e. The van der Waals surface area contributed by atoms with Crippen molar-refractivity contribution in [3.05, 3.63) is 70.8 Å². The van der Waals surface area contributed by atoms with Crippen LogP contribution in [-0.2, 0) is 0 Å².